The zero-order chi connectivity index (χ0) is 29.9. The number of halogens is 1. The molecule has 1 N–H and O–H groups in total. The minimum absolute atomic E-state index is 0.0234. The van der Waals surface area contributed by atoms with E-state index in [0.717, 1.165) is 29.9 Å². The second kappa shape index (κ2) is 12.0. The quantitative estimate of drug-likeness (QED) is 0.363. The van der Waals surface area contributed by atoms with E-state index in [1.54, 1.807) is 53.6 Å². The van der Waals surface area contributed by atoms with Crippen LogP contribution in [0, 0.1) is 17.1 Å². The number of likely N-dealkylation sites (N-methyl/N-ethyl adjacent to an activating group) is 1. The topological polar surface area (TPSA) is 105 Å². The summed E-state index contributed by atoms with van der Waals surface area (Å²) in [5, 5.41) is 13.2. The Bertz CT molecular complexity index is 1730. The third kappa shape index (κ3) is 5.94. The number of anilines is 3. The van der Waals surface area contributed by atoms with Crippen LogP contribution in [0.15, 0.2) is 72.9 Å². The fraction of sp³-hybridized carbons (Fsp3) is 0.242. The first kappa shape index (κ1) is 28.0. The van der Waals surface area contributed by atoms with Crippen LogP contribution in [0.1, 0.15) is 27.0 Å². The smallest absolute Gasteiger partial charge is 0.253 e. The number of aromatic nitrogens is 2. The van der Waals surface area contributed by atoms with Gasteiger partial charge in [0.1, 0.15) is 11.9 Å². The highest BCUT2D eigenvalue weighted by Crippen LogP contribution is 2.36. The Balaban J connectivity index is 1.18. The lowest BCUT2D eigenvalue weighted by Crippen LogP contribution is -2.47. The highest BCUT2D eigenvalue weighted by atomic mass is 19.1. The van der Waals surface area contributed by atoms with Gasteiger partial charge in [-0.05, 0) is 73.1 Å². The molecule has 2 aliphatic heterocycles. The molecule has 4 aromatic rings. The van der Waals surface area contributed by atoms with Crippen LogP contribution in [-0.2, 0) is 17.6 Å². The van der Waals surface area contributed by atoms with Gasteiger partial charge in [0.15, 0.2) is 0 Å². The van der Waals surface area contributed by atoms with E-state index in [2.05, 4.69) is 33.3 Å². The molecule has 0 spiro atoms. The third-order valence-corrected chi connectivity index (χ3v) is 7.91. The second-order valence-electron chi connectivity index (χ2n) is 10.8. The molecule has 3 heterocycles. The Morgan fingerprint density at radius 1 is 1.00 bits per heavy atom. The Kier molecular flexibility index (Phi) is 7.81. The Morgan fingerprint density at radius 2 is 1.77 bits per heavy atom. The van der Waals surface area contributed by atoms with Gasteiger partial charge in [0, 0.05) is 55.7 Å². The molecule has 6 rings (SSSR count). The molecule has 2 aliphatic rings. The van der Waals surface area contributed by atoms with Crippen LogP contribution < -0.4 is 10.2 Å². The van der Waals surface area contributed by atoms with E-state index in [1.165, 1.54) is 6.07 Å². The Labute approximate surface area is 249 Å². The fourth-order valence-electron chi connectivity index (χ4n) is 5.53. The van der Waals surface area contributed by atoms with Crippen LogP contribution >= 0.6 is 0 Å². The summed E-state index contributed by atoms with van der Waals surface area (Å²) in [4.78, 5) is 40.7. The summed E-state index contributed by atoms with van der Waals surface area (Å²) < 4.78 is 14.2. The number of carbonyl (C=O) groups is 2. The number of benzene rings is 3. The molecule has 1 saturated heterocycles. The van der Waals surface area contributed by atoms with Crippen molar-refractivity contribution in [1.29, 1.82) is 5.26 Å². The first-order valence-electron chi connectivity index (χ1n) is 14.2. The summed E-state index contributed by atoms with van der Waals surface area (Å²) in [6.45, 7) is 3.59. The predicted molar refractivity (Wildman–Crippen MR) is 161 cm³/mol. The molecule has 0 unspecified atom stereocenters. The van der Waals surface area contributed by atoms with Crippen molar-refractivity contribution in [2.45, 2.75) is 12.8 Å². The number of hydrogen-bond acceptors (Lipinski definition) is 7. The number of amides is 2. The van der Waals surface area contributed by atoms with Gasteiger partial charge in [0.2, 0.25) is 11.9 Å². The van der Waals surface area contributed by atoms with E-state index in [0.29, 0.717) is 60.1 Å². The minimum atomic E-state index is -0.422. The van der Waals surface area contributed by atoms with Crippen molar-refractivity contribution >= 4 is 29.1 Å². The number of nitrogens with zero attached hydrogens (tertiary/aromatic N) is 6. The first-order valence-corrected chi connectivity index (χ1v) is 14.2. The van der Waals surface area contributed by atoms with Gasteiger partial charge < -0.3 is 20.0 Å². The molecule has 0 aliphatic carbocycles. The normalized spacial score (nSPS) is 14.7. The third-order valence-electron chi connectivity index (χ3n) is 7.91. The number of nitrogens with one attached hydrogen (secondary N) is 1. The van der Waals surface area contributed by atoms with Gasteiger partial charge in [-0.2, -0.15) is 5.26 Å². The zero-order valence-electron chi connectivity index (χ0n) is 23.8. The van der Waals surface area contributed by atoms with E-state index in [-0.39, 0.29) is 18.2 Å². The molecule has 0 saturated carbocycles. The van der Waals surface area contributed by atoms with E-state index < -0.39 is 5.82 Å². The van der Waals surface area contributed by atoms with Gasteiger partial charge >= 0.3 is 0 Å². The maximum absolute atomic E-state index is 14.2. The maximum atomic E-state index is 14.2. The molecule has 0 radical (unpaired) electrons. The molecular formula is C33H30FN7O2. The Hall–Kier alpha value is -5.14. The summed E-state index contributed by atoms with van der Waals surface area (Å²) in [6, 6.07) is 21.1. The number of rotatable bonds is 6. The number of carbonyl (C=O) groups excluding carboxylic acids is 2. The predicted octanol–water partition coefficient (Wildman–Crippen LogP) is 4.42. The molecule has 0 atom stereocenters. The summed E-state index contributed by atoms with van der Waals surface area (Å²) in [6.07, 6.45) is 2.14. The van der Waals surface area contributed by atoms with Crippen LogP contribution in [0.2, 0.25) is 0 Å². The molecule has 10 heteroatoms. The van der Waals surface area contributed by atoms with Crippen molar-refractivity contribution in [1.82, 2.24) is 19.8 Å². The average molecular weight is 576 g/mol. The summed E-state index contributed by atoms with van der Waals surface area (Å²) in [5.41, 5.74) is 4.85. The van der Waals surface area contributed by atoms with Crippen LogP contribution in [0.4, 0.5) is 21.7 Å². The van der Waals surface area contributed by atoms with Crippen molar-refractivity contribution in [3.63, 3.8) is 0 Å². The van der Waals surface area contributed by atoms with Crippen molar-refractivity contribution in [3.8, 4) is 17.3 Å². The van der Waals surface area contributed by atoms with Gasteiger partial charge in [0.25, 0.3) is 5.91 Å². The molecule has 1 aromatic heterocycles. The van der Waals surface area contributed by atoms with Crippen LogP contribution in [0.3, 0.4) is 0 Å². The molecule has 2 amide bonds. The molecule has 1 fully saturated rings. The van der Waals surface area contributed by atoms with E-state index in [4.69, 9.17) is 0 Å². The van der Waals surface area contributed by atoms with Gasteiger partial charge in [-0.15, -0.1) is 0 Å². The lowest BCUT2D eigenvalue weighted by molar-refractivity contribution is -0.117. The maximum Gasteiger partial charge on any atom is 0.253 e. The lowest BCUT2D eigenvalue weighted by atomic mass is 10.0. The summed E-state index contributed by atoms with van der Waals surface area (Å²) in [7, 11) is 2.06. The Morgan fingerprint density at radius 3 is 2.51 bits per heavy atom. The van der Waals surface area contributed by atoms with Crippen LogP contribution in [0.25, 0.3) is 11.3 Å². The second-order valence-corrected chi connectivity index (χ2v) is 10.8. The molecule has 9 nitrogen and oxygen atoms in total. The highest BCUT2D eigenvalue weighted by Gasteiger charge is 2.29. The largest absolute Gasteiger partial charge is 0.336 e. The van der Waals surface area contributed by atoms with Crippen molar-refractivity contribution < 1.29 is 14.0 Å². The standard InChI is InChI=1S/C33H30FN7O2/c1-39-14-16-40(17-15-39)32(43)22-6-8-27(9-7-22)37-33-36-12-10-29(38-33)25-18-24-11-13-41(31(24)26(19-25)21-35)30(42)20-23-4-2-3-5-28(23)34/h2-10,12,18-19H,11,13-17,20H2,1H3,(H,36,37,38). The summed E-state index contributed by atoms with van der Waals surface area (Å²) in [5.74, 6) is -0.279. The molecule has 43 heavy (non-hydrogen) atoms. The number of piperazine rings is 1. The van der Waals surface area contributed by atoms with Crippen molar-refractivity contribution in [2.24, 2.45) is 0 Å². The van der Waals surface area contributed by atoms with E-state index in [1.807, 2.05) is 23.1 Å². The number of nitriles is 1. The molecule has 0 bridgehead atoms. The first-order chi connectivity index (χ1) is 20.9. The van der Waals surface area contributed by atoms with Crippen molar-refractivity contribution in [3.05, 3.63) is 101 Å². The number of fused-ring (bicyclic) bond motifs is 1. The van der Waals surface area contributed by atoms with Gasteiger partial charge in [-0.25, -0.2) is 14.4 Å². The monoisotopic (exact) mass is 575 g/mol. The van der Waals surface area contributed by atoms with Crippen LogP contribution in [-0.4, -0.2) is 71.4 Å². The fourth-order valence-corrected chi connectivity index (χ4v) is 5.53. The lowest BCUT2D eigenvalue weighted by Gasteiger charge is -2.32. The summed E-state index contributed by atoms with van der Waals surface area (Å²) >= 11 is 0. The van der Waals surface area contributed by atoms with Crippen LogP contribution in [0.5, 0.6) is 0 Å². The number of hydrogen-bond donors (Lipinski definition) is 1. The minimum Gasteiger partial charge on any atom is -0.336 e. The van der Waals surface area contributed by atoms with E-state index in [9.17, 15) is 19.2 Å². The molecule has 216 valence electrons. The highest BCUT2D eigenvalue weighted by molar-refractivity contribution is 5.99. The zero-order valence-corrected chi connectivity index (χ0v) is 23.8. The average Bonchev–Trinajstić information content (AvgIpc) is 3.47. The van der Waals surface area contributed by atoms with E-state index >= 15 is 0 Å². The van der Waals surface area contributed by atoms with Gasteiger partial charge in [-0.1, -0.05) is 18.2 Å². The SMILES string of the molecule is CN1CCN(C(=O)c2ccc(Nc3nccc(-c4cc(C#N)c5c(c4)CCN5C(=O)Cc4ccccc4F)n3)cc2)CC1. The molecular weight excluding hydrogens is 545 g/mol. The molecule has 3 aromatic carbocycles. The van der Waals surface area contributed by atoms with Crippen molar-refractivity contribution in [2.75, 3.05) is 50.0 Å². The van der Waals surface area contributed by atoms with Gasteiger partial charge in [0.05, 0.1) is 23.4 Å². The van der Waals surface area contributed by atoms with Gasteiger partial charge in [-0.3, -0.25) is 9.59 Å².